The largest absolute Gasteiger partial charge is 0.481 e. The molecule has 1 fully saturated rings. The number of nitrogens with one attached hydrogen (secondary N) is 1. The lowest BCUT2D eigenvalue weighted by Gasteiger charge is -2.21. The summed E-state index contributed by atoms with van der Waals surface area (Å²) in [6.45, 7) is 0.508. The van der Waals surface area contributed by atoms with Gasteiger partial charge in [0.05, 0.1) is 23.6 Å². The first-order valence-electron chi connectivity index (χ1n) is 6.96. The molecule has 2 amide bonds. The molecular weight excluding hydrogens is 315 g/mol. The van der Waals surface area contributed by atoms with Crippen molar-refractivity contribution in [3.05, 3.63) is 30.1 Å². The van der Waals surface area contributed by atoms with E-state index in [2.05, 4.69) is 10.3 Å². The topological polar surface area (TPSA) is 82.5 Å². The van der Waals surface area contributed by atoms with Crippen molar-refractivity contribution in [3.63, 3.8) is 0 Å². The SMILES string of the molecule is CC(NC(=O)N1C[C@@H](C(F)(F)F)[C@H](C(=O)O)C1)c1ccccn1. The van der Waals surface area contributed by atoms with Crippen molar-refractivity contribution < 1.29 is 27.9 Å². The number of carbonyl (C=O) groups excluding carboxylic acids is 1. The highest BCUT2D eigenvalue weighted by atomic mass is 19.4. The van der Waals surface area contributed by atoms with Crippen LogP contribution in [0.3, 0.4) is 0 Å². The number of alkyl halides is 3. The molecule has 0 aromatic carbocycles. The van der Waals surface area contributed by atoms with Crippen molar-refractivity contribution >= 4 is 12.0 Å². The van der Waals surface area contributed by atoms with Gasteiger partial charge in [-0.15, -0.1) is 0 Å². The zero-order valence-electron chi connectivity index (χ0n) is 12.2. The van der Waals surface area contributed by atoms with Gasteiger partial charge in [-0.3, -0.25) is 9.78 Å². The van der Waals surface area contributed by atoms with Gasteiger partial charge in [-0.1, -0.05) is 6.07 Å². The molecule has 1 aromatic heterocycles. The monoisotopic (exact) mass is 331 g/mol. The molecule has 0 bridgehead atoms. The van der Waals surface area contributed by atoms with Gasteiger partial charge >= 0.3 is 18.2 Å². The molecule has 1 aliphatic rings. The van der Waals surface area contributed by atoms with Gasteiger partial charge in [-0.05, 0) is 19.1 Å². The molecule has 0 radical (unpaired) electrons. The molecule has 1 unspecified atom stereocenters. The summed E-state index contributed by atoms with van der Waals surface area (Å²) in [6, 6.07) is 3.86. The highest BCUT2D eigenvalue weighted by Crippen LogP contribution is 2.37. The minimum atomic E-state index is -4.66. The van der Waals surface area contributed by atoms with Crippen molar-refractivity contribution in [3.8, 4) is 0 Å². The number of carboxylic acid groups (broad SMARTS) is 1. The Balaban J connectivity index is 2.04. The van der Waals surface area contributed by atoms with Crippen LogP contribution in [0, 0.1) is 11.8 Å². The molecule has 2 N–H and O–H groups in total. The van der Waals surface area contributed by atoms with Gasteiger partial charge in [0.2, 0.25) is 0 Å². The number of amides is 2. The molecule has 1 aliphatic heterocycles. The molecule has 23 heavy (non-hydrogen) atoms. The first kappa shape index (κ1) is 17.0. The standard InChI is InChI=1S/C14H16F3N3O3/c1-8(11-4-2-3-5-18-11)19-13(23)20-6-9(12(21)22)10(7-20)14(15,16)17/h2-5,8-10H,6-7H2,1H3,(H,19,23)(H,21,22)/t8?,9-,10-/m1/s1. The van der Waals surface area contributed by atoms with Crippen molar-refractivity contribution in [2.24, 2.45) is 11.8 Å². The molecule has 126 valence electrons. The zero-order chi connectivity index (χ0) is 17.2. The number of aliphatic carboxylic acids is 1. The van der Waals surface area contributed by atoms with Gasteiger partial charge in [0.1, 0.15) is 0 Å². The molecule has 1 aromatic rings. The van der Waals surface area contributed by atoms with Crippen LogP contribution < -0.4 is 5.32 Å². The minimum Gasteiger partial charge on any atom is -0.481 e. The Bertz CT molecular complexity index is 580. The maximum atomic E-state index is 12.9. The van der Waals surface area contributed by atoms with Gasteiger partial charge in [-0.2, -0.15) is 13.2 Å². The number of carbonyl (C=O) groups is 2. The maximum Gasteiger partial charge on any atom is 0.394 e. The van der Waals surface area contributed by atoms with Crippen LogP contribution in [0.15, 0.2) is 24.4 Å². The third kappa shape index (κ3) is 3.91. The normalized spacial score (nSPS) is 22.7. The summed E-state index contributed by atoms with van der Waals surface area (Å²) in [4.78, 5) is 28.0. The zero-order valence-corrected chi connectivity index (χ0v) is 12.2. The van der Waals surface area contributed by atoms with Crippen molar-refractivity contribution in [2.75, 3.05) is 13.1 Å². The van der Waals surface area contributed by atoms with Crippen molar-refractivity contribution in [2.45, 2.75) is 19.1 Å². The van der Waals surface area contributed by atoms with Crippen LogP contribution in [0.1, 0.15) is 18.7 Å². The van der Waals surface area contributed by atoms with E-state index in [0.29, 0.717) is 5.69 Å². The van der Waals surface area contributed by atoms with E-state index in [-0.39, 0.29) is 0 Å². The summed E-state index contributed by atoms with van der Waals surface area (Å²) < 4.78 is 38.7. The number of aromatic nitrogens is 1. The van der Waals surface area contributed by atoms with Crippen LogP contribution in [0.5, 0.6) is 0 Å². The molecule has 0 aliphatic carbocycles. The first-order valence-corrected chi connectivity index (χ1v) is 6.96. The summed E-state index contributed by atoms with van der Waals surface area (Å²) in [5.41, 5.74) is 0.558. The number of hydrogen-bond donors (Lipinski definition) is 2. The Morgan fingerprint density at radius 1 is 1.39 bits per heavy atom. The van der Waals surface area contributed by atoms with E-state index in [9.17, 15) is 22.8 Å². The summed E-state index contributed by atoms with van der Waals surface area (Å²) in [6.07, 6.45) is -3.13. The number of rotatable bonds is 3. The first-order chi connectivity index (χ1) is 10.7. The van der Waals surface area contributed by atoms with E-state index in [4.69, 9.17) is 5.11 Å². The second-order valence-electron chi connectivity index (χ2n) is 5.42. The Kier molecular flexibility index (Phi) is 4.76. The van der Waals surface area contributed by atoms with E-state index in [1.54, 1.807) is 25.1 Å². The second kappa shape index (κ2) is 6.43. The fourth-order valence-corrected chi connectivity index (χ4v) is 2.53. The van der Waals surface area contributed by atoms with E-state index < -0.39 is 49.1 Å². The third-order valence-electron chi connectivity index (χ3n) is 3.82. The smallest absolute Gasteiger partial charge is 0.394 e. The summed E-state index contributed by atoms with van der Waals surface area (Å²) in [5, 5.41) is 11.5. The Morgan fingerprint density at radius 3 is 2.57 bits per heavy atom. The number of hydrogen-bond acceptors (Lipinski definition) is 3. The Morgan fingerprint density at radius 2 is 2.09 bits per heavy atom. The summed E-state index contributed by atoms with van der Waals surface area (Å²) >= 11 is 0. The summed E-state index contributed by atoms with van der Waals surface area (Å²) in [5.74, 6) is -5.26. The average molecular weight is 331 g/mol. The maximum absolute atomic E-state index is 12.9. The van der Waals surface area contributed by atoms with Gasteiger partial charge < -0.3 is 15.3 Å². The molecule has 2 heterocycles. The number of likely N-dealkylation sites (tertiary alicyclic amines) is 1. The van der Waals surface area contributed by atoms with Crippen LogP contribution >= 0.6 is 0 Å². The molecule has 0 saturated carbocycles. The number of carboxylic acids is 1. The van der Waals surface area contributed by atoms with E-state index >= 15 is 0 Å². The fraction of sp³-hybridized carbons (Fsp3) is 0.500. The molecule has 0 spiro atoms. The lowest BCUT2D eigenvalue weighted by Crippen LogP contribution is -2.40. The quantitative estimate of drug-likeness (QED) is 0.888. The fourth-order valence-electron chi connectivity index (χ4n) is 2.53. The van der Waals surface area contributed by atoms with Crippen LogP contribution in [0.4, 0.5) is 18.0 Å². The predicted octanol–water partition coefficient (Wildman–Crippen LogP) is 2.05. The highest BCUT2D eigenvalue weighted by molar-refractivity contribution is 5.78. The Labute approximate surface area is 130 Å². The van der Waals surface area contributed by atoms with E-state index in [0.717, 1.165) is 4.90 Å². The number of nitrogens with zero attached hydrogens (tertiary/aromatic N) is 2. The summed E-state index contributed by atoms with van der Waals surface area (Å²) in [7, 11) is 0. The van der Waals surface area contributed by atoms with Crippen molar-refractivity contribution in [1.82, 2.24) is 15.2 Å². The lowest BCUT2D eigenvalue weighted by atomic mass is 9.96. The van der Waals surface area contributed by atoms with Crippen LogP contribution in [-0.2, 0) is 4.79 Å². The molecular formula is C14H16F3N3O3. The van der Waals surface area contributed by atoms with E-state index in [1.165, 1.54) is 6.20 Å². The number of urea groups is 1. The predicted molar refractivity (Wildman–Crippen MR) is 73.4 cm³/mol. The molecule has 2 rings (SSSR count). The van der Waals surface area contributed by atoms with Gasteiger partial charge in [0.15, 0.2) is 0 Å². The minimum absolute atomic E-state index is 0.472. The third-order valence-corrected chi connectivity index (χ3v) is 3.82. The van der Waals surface area contributed by atoms with Crippen molar-refractivity contribution in [1.29, 1.82) is 0 Å². The Hall–Kier alpha value is -2.32. The average Bonchev–Trinajstić information content (AvgIpc) is 2.93. The van der Waals surface area contributed by atoms with E-state index in [1.807, 2.05) is 0 Å². The van der Waals surface area contributed by atoms with Crippen LogP contribution in [0.25, 0.3) is 0 Å². The lowest BCUT2D eigenvalue weighted by molar-refractivity contribution is -0.187. The number of halogens is 3. The highest BCUT2D eigenvalue weighted by Gasteiger charge is 2.53. The van der Waals surface area contributed by atoms with Gasteiger partial charge in [0.25, 0.3) is 0 Å². The molecule has 9 heteroatoms. The van der Waals surface area contributed by atoms with Crippen LogP contribution in [0.2, 0.25) is 0 Å². The van der Waals surface area contributed by atoms with Crippen LogP contribution in [-0.4, -0.2) is 46.3 Å². The molecule has 1 saturated heterocycles. The molecule has 6 nitrogen and oxygen atoms in total. The van der Waals surface area contributed by atoms with Gasteiger partial charge in [-0.25, -0.2) is 4.79 Å². The number of pyridine rings is 1. The van der Waals surface area contributed by atoms with Gasteiger partial charge in [0, 0.05) is 19.3 Å². The second-order valence-corrected chi connectivity index (χ2v) is 5.42. The molecule has 3 atom stereocenters.